The van der Waals surface area contributed by atoms with Crippen molar-refractivity contribution in [3.8, 4) is 11.3 Å². The molecule has 2 aromatic rings. The van der Waals surface area contributed by atoms with Crippen LogP contribution in [-0.4, -0.2) is 16.5 Å². The molecule has 0 aromatic carbocycles. The van der Waals surface area contributed by atoms with Gasteiger partial charge in [-0.05, 0) is 31.2 Å². The van der Waals surface area contributed by atoms with E-state index in [-0.39, 0.29) is 0 Å². The lowest BCUT2D eigenvalue weighted by Crippen LogP contribution is -2.03. The topological polar surface area (TPSA) is 63.8 Å². The summed E-state index contributed by atoms with van der Waals surface area (Å²) in [5.74, 6) is 0.733. The lowest BCUT2D eigenvalue weighted by molar-refractivity contribution is 1.16. The number of nitrogens with one attached hydrogen (secondary N) is 1. The van der Waals surface area contributed by atoms with Crippen molar-refractivity contribution in [2.45, 2.75) is 6.92 Å². The number of hydrogen-bond donors (Lipinski definition) is 2. The fourth-order valence-corrected chi connectivity index (χ4v) is 1.46. The van der Waals surface area contributed by atoms with Crippen LogP contribution in [0.1, 0.15) is 6.92 Å². The van der Waals surface area contributed by atoms with Gasteiger partial charge in [-0.2, -0.15) is 0 Å². The highest BCUT2D eigenvalue weighted by molar-refractivity contribution is 5.68. The normalized spacial score (nSPS) is 10.1. The molecule has 0 fully saturated rings. The Balaban J connectivity index is 2.40. The number of nitrogens with two attached hydrogens (primary N) is 1. The van der Waals surface area contributed by atoms with E-state index in [2.05, 4.69) is 15.3 Å². The molecule has 2 aromatic heterocycles. The van der Waals surface area contributed by atoms with Crippen LogP contribution in [0, 0.1) is 0 Å². The molecule has 82 valence electrons. The molecular formula is C12H14N4. The summed E-state index contributed by atoms with van der Waals surface area (Å²) in [5, 5.41) is 3.13. The van der Waals surface area contributed by atoms with Crippen LogP contribution in [0.4, 0.5) is 11.5 Å². The molecular weight excluding hydrogens is 200 g/mol. The van der Waals surface area contributed by atoms with E-state index in [9.17, 15) is 0 Å². The monoisotopic (exact) mass is 214 g/mol. The van der Waals surface area contributed by atoms with Crippen molar-refractivity contribution < 1.29 is 0 Å². The number of nitrogens with zero attached hydrogens (tertiary/aromatic N) is 2. The SMILES string of the molecule is CCNc1nc(-c2ccncc2)ccc1N. The Kier molecular flexibility index (Phi) is 3.00. The van der Waals surface area contributed by atoms with Crippen molar-refractivity contribution in [3.05, 3.63) is 36.7 Å². The summed E-state index contributed by atoms with van der Waals surface area (Å²) in [6.07, 6.45) is 3.50. The van der Waals surface area contributed by atoms with Crippen LogP contribution in [0.15, 0.2) is 36.7 Å². The molecule has 16 heavy (non-hydrogen) atoms. The summed E-state index contributed by atoms with van der Waals surface area (Å²) in [6, 6.07) is 7.62. The number of aromatic nitrogens is 2. The van der Waals surface area contributed by atoms with E-state index in [4.69, 9.17) is 5.73 Å². The third-order valence-corrected chi connectivity index (χ3v) is 2.25. The van der Waals surface area contributed by atoms with E-state index in [1.807, 2.05) is 31.2 Å². The van der Waals surface area contributed by atoms with Gasteiger partial charge in [-0.1, -0.05) is 0 Å². The Hall–Kier alpha value is -2.10. The highest BCUT2D eigenvalue weighted by Crippen LogP contribution is 2.22. The van der Waals surface area contributed by atoms with E-state index in [1.54, 1.807) is 12.4 Å². The molecule has 0 bridgehead atoms. The maximum absolute atomic E-state index is 5.82. The summed E-state index contributed by atoms with van der Waals surface area (Å²) in [5.41, 5.74) is 8.41. The minimum Gasteiger partial charge on any atom is -0.396 e. The first-order valence-corrected chi connectivity index (χ1v) is 5.22. The van der Waals surface area contributed by atoms with Gasteiger partial charge in [0.15, 0.2) is 0 Å². The van der Waals surface area contributed by atoms with Crippen LogP contribution in [-0.2, 0) is 0 Å². The van der Waals surface area contributed by atoms with Gasteiger partial charge in [0.25, 0.3) is 0 Å². The van der Waals surface area contributed by atoms with Crippen LogP contribution < -0.4 is 11.1 Å². The summed E-state index contributed by atoms with van der Waals surface area (Å²) >= 11 is 0. The molecule has 0 aliphatic heterocycles. The molecule has 0 unspecified atom stereocenters. The maximum Gasteiger partial charge on any atom is 0.149 e. The molecule has 0 saturated heterocycles. The second-order valence-corrected chi connectivity index (χ2v) is 3.40. The van der Waals surface area contributed by atoms with Crippen LogP contribution in [0.2, 0.25) is 0 Å². The predicted molar refractivity (Wildman–Crippen MR) is 66.0 cm³/mol. The largest absolute Gasteiger partial charge is 0.396 e. The summed E-state index contributed by atoms with van der Waals surface area (Å²) < 4.78 is 0. The van der Waals surface area contributed by atoms with Crippen molar-refractivity contribution in [1.82, 2.24) is 9.97 Å². The third-order valence-electron chi connectivity index (χ3n) is 2.25. The average Bonchev–Trinajstić information content (AvgIpc) is 2.33. The first kappa shape index (κ1) is 10.4. The van der Waals surface area contributed by atoms with Gasteiger partial charge in [-0.15, -0.1) is 0 Å². The minimum absolute atomic E-state index is 0.666. The van der Waals surface area contributed by atoms with Crippen LogP contribution in [0.3, 0.4) is 0 Å². The Morgan fingerprint density at radius 1 is 1.19 bits per heavy atom. The van der Waals surface area contributed by atoms with Gasteiger partial charge in [0.2, 0.25) is 0 Å². The molecule has 4 nitrogen and oxygen atoms in total. The van der Waals surface area contributed by atoms with E-state index in [0.717, 1.165) is 23.6 Å². The maximum atomic E-state index is 5.82. The zero-order valence-corrected chi connectivity index (χ0v) is 9.14. The molecule has 0 aliphatic rings. The number of pyridine rings is 2. The average molecular weight is 214 g/mol. The highest BCUT2D eigenvalue weighted by atomic mass is 15.0. The second kappa shape index (κ2) is 4.61. The van der Waals surface area contributed by atoms with E-state index in [0.29, 0.717) is 5.69 Å². The lowest BCUT2D eigenvalue weighted by Gasteiger charge is -2.08. The highest BCUT2D eigenvalue weighted by Gasteiger charge is 2.03. The molecule has 0 spiro atoms. The first-order valence-electron chi connectivity index (χ1n) is 5.22. The smallest absolute Gasteiger partial charge is 0.149 e. The van der Waals surface area contributed by atoms with Crippen molar-refractivity contribution in [2.24, 2.45) is 0 Å². The summed E-state index contributed by atoms with van der Waals surface area (Å²) in [7, 11) is 0. The van der Waals surface area contributed by atoms with Crippen LogP contribution in [0.5, 0.6) is 0 Å². The van der Waals surface area contributed by atoms with Gasteiger partial charge in [-0.3, -0.25) is 4.98 Å². The molecule has 3 N–H and O–H groups in total. The van der Waals surface area contributed by atoms with Gasteiger partial charge in [-0.25, -0.2) is 4.98 Å². The number of nitrogen functional groups attached to an aromatic ring is 1. The molecule has 0 saturated carbocycles. The van der Waals surface area contributed by atoms with Crippen molar-refractivity contribution in [3.63, 3.8) is 0 Å². The molecule has 0 aliphatic carbocycles. The van der Waals surface area contributed by atoms with E-state index >= 15 is 0 Å². The predicted octanol–water partition coefficient (Wildman–Crippen LogP) is 2.16. The standard InChI is InChI=1S/C12H14N4/c1-2-15-12-10(13)3-4-11(16-12)9-5-7-14-8-6-9/h3-8H,2,13H2,1H3,(H,15,16). The summed E-state index contributed by atoms with van der Waals surface area (Å²) in [6.45, 7) is 2.82. The molecule has 2 heterocycles. The molecule has 0 radical (unpaired) electrons. The van der Waals surface area contributed by atoms with Gasteiger partial charge in [0.1, 0.15) is 5.82 Å². The zero-order valence-electron chi connectivity index (χ0n) is 9.14. The molecule has 2 rings (SSSR count). The van der Waals surface area contributed by atoms with Crippen molar-refractivity contribution in [2.75, 3.05) is 17.6 Å². The van der Waals surface area contributed by atoms with Gasteiger partial charge < -0.3 is 11.1 Å². The second-order valence-electron chi connectivity index (χ2n) is 3.40. The Morgan fingerprint density at radius 3 is 2.62 bits per heavy atom. The van der Waals surface area contributed by atoms with Crippen molar-refractivity contribution in [1.29, 1.82) is 0 Å². The zero-order chi connectivity index (χ0) is 11.4. The molecule has 0 atom stereocenters. The molecule has 0 amide bonds. The van der Waals surface area contributed by atoms with E-state index in [1.165, 1.54) is 0 Å². The quantitative estimate of drug-likeness (QED) is 0.821. The first-order chi connectivity index (χ1) is 7.81. The van der Waals surface area contributed by atoms with Gasteiger partial charge >= 0.3 is 0 Å². The minimum atomic E-state index is 0.666. The number of anilines is 2. The Morgan fingerprint density at radius 2 is 1.94 bits per heavy atom. The third kappa shape index (κ3) is 2.11. The Labute approximate surface area is 94.5 Å². The molecule has 4 heteroatoms. The van der Waals surface area contributed by atoms with Crippen molar-refractivity contribution >= 4 is 11.5 Å². The number of hydrogen-bond acceptors (Lipinski definition) is 4. The van der Waals surface area contributed by atoms with E-state index < -0.39 is 0 Å². The number of rotatable bonds is 3. The fourth-order valence-electron chi connectivity index (χ4n) is 1.46. The van der Waals surface area contributed by atoms with Crippen LogP contribution >= 0.6 is 0 Å². The van der Waals surface area contributed by atoms with Gasteiger partial charge in [0, 0.05) is 24.5 Å². The van der Waals surface area contributed by atoms with Crippen LogP contribution in [0.25, 0.3) is 11.3 Å². The fraction of sp³-hybridized carbons (Fsp3) is 0.167. The lowest BCUT2D eigenvalue weighted by atomic mass is 10.2. The van der Waals surface area contributed by atoms with Gasteiger partial charge in [0.05, 0.1) is 11.4 Å². The summed E-state index contributed by atoms with van der Waals surface area (Å²) in [4.78, 5) is 8.45. The Bertz CT molecular complexity index is 468.